The van der Waals surface area contributed by atoms with Crippen LogP contribution in [0.15, 0.2) is 30.3 Å². The Kier molecular flexibility index (Phi) is 4.22. The SMILES string of the molecule is CC(CCn1nnnc1Cc1ccccc1)C(=O)O. The van der Waals surface area contributed by atoms with Crippen LogP contribution < -0.4 is 0 Å². The van der Waals surface area contributed by atoms with E-state index in [9.17, 15) is 4.79 Å². The van der Waals surface area contributed by atoms with Crippen LogP contribution in [0.5, 0.6) is 0 Å². The summed E-state index contributed by atoms with van der Waals surface area (Å²) in [5.41, 5.74) is 1.13. The first-order chi connectivity index (χ1) is 9.16. The Balaban J connectivity index is 2.00. The lowest BCUT2D eigenvalue weighted by Crippen LogP contribution is -2.15. The molecule has 0 amide bonds. The van der Waals surface area contributed by atoms with Crippen LogP contribution in [0.4, 0.5) is 0 Å². The van der Waals surface area contributed by atoms with Gasteiger partial charge in [0.15, 0.2) is 5.82 Å². The maximum atomic E-state index is 10.8. The van der Waals surface area contributed by atoms with Gasteiger partial charge < -0.3 is 5.11 Å². The molecule has 0 saturated carbocycles. The molecule has 0 spiro atoms. The molecule has 2 rings (SSSR count). The van der Waals surface area contributed by atoms with E-state index in [4.69, 9.17) is 5.11 Å². The van der Waals surface area contributed by atoms with Gasteiger partial charge in [-0.1, -0.05) is 37.3 Å². The summed E-state index contributed by atoms with van der Waals surface area (Å²) in [7, 11) is 0. The molecule has 0 aliphatic carbocycles. The van der Waals surface area contributed by atoms with E-state index in [0.717, 1.165) is 11.4 Å². The summed E-state index contributed by atoms with van der Waals surface area (Å²) in [6.45, 7) is 2.20. The Labute approximate surface area is 111 Å². The van der Waals surface area contributed by atoms with Crippen LogP contribution in [-0.2, 0) is 17.8 Å². The molecule has 6 heteroatoms. The first-order valence-corrected chi connectivity index (χ1v) is 6.18. The summed E-state index contributed by atoms with van der Waals surface area (Å²) < 4.78 is 1.67. The van der Waals surface area contributed by atoms with Crippen LogP contribution in [-0.4, -0.2) is 31.3 Å². The lowest BCUT2D eigenvalue weighted by atomic mass is 10.1. The Morgan fingerprint density at radius 3 is 2.79 bits per heavy atom. The van der Waals surface area contributed by atoms with Gasteiger partial charge >= 0.3 is 5.97 Å². The van der Waals surface area contributed by atoms with Crippen LogP contribution in [0.3, 0.4) is 0 Å². The molecule has 1 aromatic carbocycles. The number of carboxylic acids is 1. The fraction of sp³-hybridized carbons (Fsp3) is 0.385. The van der Waals surface area contributed by atoms with Gasteiger partial charge in [0.1, 0.15) is 0 Å². The van der Waals surface area contributed by atoms with Crippen molar-refractivity contribution in [3.63, 3.8) is 0 Å². The highest BCUT2D eigenvalue weighted by Crippen LogP contribution is 2.08. The average molecular weight is 260 g/mol. The van der Waals surface area contributed by atoms with Crippen molar-refractivity contribution in [2.24, 2.45) is 5.92 Å². The number of aryl methyl sites for hydroxylation is 1. The molecule has 1 heterocycles. The van der Waals surface area contributed by atoms with Crippen LogP contribution in [0.25, 0.3) is 0 Å². The van der Waals surface area contributed by atoms with Crippen molar-refractivity contribution in [1.29, 1.82) is 0 Å². The highest BCUT2D eigenvalue weighted by Gasteiger charge is 2.13. The van der Waals surface area contributed by atoms with E-state index in [0.29, 0.717) is 19.4 Å². The van der Waals surface area contributed by atoms with Crippen molar-refractivity contribution in [2.75, 3.05) is 0 Å². The Morgan fingerprint density at radius 1 is 1.37 bits per heavy atom. The number of nitrogens with zero attached hydrogens (tertiary/aromatic N) is 4. The van der Waals surface area contributed by atoms with Gasteiger partial charge in [-0.05, 0) is 22.4 Å². The Bertz CT molecular complexity index is 539. The summed E-state index contributed by atoms with van der Waals surface area (Å²) in [5, 5.41) is 20.4. The number of carboxylic acid groups (broad SMARTS) is 1. The zero-order valence-corrected chi connectivity index (χ0v) is 10.7. The van der Waals surface area contributed by atoms with E-state index in [-0.39, 0.29) is 0 Å². The third kappa shape index (κ3) is 3.61. The minimum absolute atomic E-state index is 0.395. The molecule has 100 valence electrons. The lowest BCUT2D eigenvalue weighted by Gasteiger charge is -2.07. The standard InChI is InChI=1S/C13H16N4O2/c1-10(13(18)19)7-8-17-12(14-15-16-17)9-11-5-3-2-4-6-11/h2-6,10H,7-9H2,1H3,(H,18,19). The second-order valence-electron chi connectivity index (χ2n) is 4.51. The van der Waals surface area contributed by atoms with E-state index in [2.05, 4.69) is 15.5 Å². The first-order valence-electron chi connectivity index (χ1n) is 6.18. The van der Waals surface area contributed by atoms with Crippen molar-refractivity contribution in [2.45, 2.75) is 26.3 Å². The zero-order valence-electron chi connectivity index (χ0n) is 10.7. The maximum Gasteiger partial charge on any atom is 0.306 e. The van der Waals surface area contributed by atoms with Gasteiger partial charge in [-0.15, -0.1) is 5.10 Å². The molecular formula is C13H16N4O2. The summed E-state index contributed by atoms with van der Waals surface area (Å²) in [6, 6.07) is 9.92. The van der Waals surface area contributed by atoms with Crippen molar-refractivity contribution in [1.82, 2.24) is 20.2 Å². The molecular weight excluding hydrogens is 244 g/mol. The fourth-order valence-electron chi connectivity index (χ4n) is 1.74. The molecule has 0 saturated heterocycles. The molecule has 0 fully saturated rings. The number of rotatable bonds is 6. The Hall–Kier alpha value is -2.24. The molecule has 1 N–H and O–H groups in total. The number of aromatic nitrogens is 4. The topological polar surface area (TPSA) is 80.9 Å². The van der Waals surface area contributed by atoms with Crippen LogP contribution in [0.2, 0.25) is 0 Å². The van der Waals surface area contributed by atoms with Crippen LogP contribution >= 0.6 is 0 Å². The van der Waals surface area contributed by atoms with Gasteiger partial charge in [0.2, 0.25) is 0 Å². The van der Waals surface area contributed by atoms with Crippen molar-refractivity contribution in [3.8, 4) is 0 Å². The largest absolute Gasteiger partial charge is 0.481 e. The van der Waals surface area contributed by atoms with Crippen molar-refractivity contribution < 1.29 is 9.90 Å². The summed E-state index contributed by atoms with van der Waals surface area (Å²) in [4.78, 5) is 10.8. The first kappa shape index (κ1) is 13.2. The molecule has 19 heavy (non-hydrogen) atoms. The molecule has 2 aromatic rings. The molecule has 1 atom stereocenters. The predicted octanol–water partition coefficient (Wildman–Crippen LogP) is 1.37. The number of hydrogen-bond acceptors (Lipinski definition) is 4. The monoisotopic (exact) mass is 260 g/mol. The second kappa shape index (κ2) is 6.08. The van der Waals surface area contributed by atoms with Gasteiger partial charge in [0.05, 0.1) is 5.92 Å². The zero-order chi connectivity index (χ0) is 13.7. The smallest absolute Gasteiger partial charge is 0.306 e. The predicted molar refractivity (Wildman–Crippen MR) is 68.5 cm³/mol. The van der Waals surface area contributed by atoms with E-state index < -0.39 is 11.9 Å². The van der Waals surface area contributed by atoms with E-state index in [1.165, 1.54) is 0 Å². The lowest BCUT2D eigenvalue weighted by molar-refractivity contribution is -0.141. The number of benzene rings is 1. The average Bonchev–Trinajstić information content (AvgIpc) is 2.84. The van der Waals surface area contributed by atoms with Crippen LogP contribution in [0, 0.1) is 5.92 Å². The minimum Gasteiger partial charge on any atom is -0.481 e. The van der Waals surface area contributed by atoms with Crippen molar-refractivity contribution >= 4 is 5.97 Å². The molecule has 0 bridgehead atoms. The summed E-state index contributed by atoms with van der Waals surface area (Å²) >= 11 is 0. The molecule has 1 unspecified atom stereocenters. The second-order valence-corrected chi connectivity index (χ2v) is 4.51. The van der Waals surface area contributed by atoms with E-state index in [1.54, 1.807) is 11.6 Å². The van der Waals surface area contributed by atoms with Gasteiger partial charge in [-0.25, -0.2) is 4.68 Å². The Morgan fingerprint density at radius 2 is 2.11 bits per heavy atom. The van der Waals surface area contributed by atoms with E-state index in [1.807, 2.05) is 30.3 Å². The molecule has 0 aliphatic rings. The summed E-state index contributed by atoms with van der Waals surface area (Å²) in [5.74, 6) is -0.435. The number of tetrazole rings is 1. The molecule has 1 aromatic heterocycles. The normalized spacial score (nSPS) is 12.3. The van der Waals surface area contributed by atoms with Gasteiger partial charge in [-0.3, -0.25) is 4.79 Å². The third-order valence-electron chi connectivity index (χ3n) is 3.01. The van der Waals surface area contributed by atoms with Gasteiger partial charge in [0.25, 0.3) is 0 Å². The highest BCUT2D eigenvalue weighted by molar-refractivity contribution is 5.69. The number of carbonyl (C=O) groups is 1. The quantitative estimate of drug-likeness (QED) is 0.848. The maximum absolute atomic E-state index is 10.8. The summed E-state index contributed by atoms with van der Waals surface area (Å²) in [6.07, 6.45) is 1.16. The highest BCUT2D eigenvalue weighted by atomic mass is 16.4. The van der Waals surface area contributed by atoms with E-state index >= 15 is 0 Å². The third-order valence-corrected chi connectivity index (χ3v) is 3.01. The van der Waals surface area contributed by atoms with Crippen LogP contribution in [0.1, 0.15) is 24.7 Å². The molecule has 0 aliphatic heterocycles. The molecule has 0 radical (unpaired) electrons. The van der Waals surface area contributed by atoms with Gasteiger partial charge in [0, 0.05) is 13.0 Å². The van der Waals surface area contributed by atoms with Gasteiger partial charge in [-0.2, -0.15) is 0 Å². The number of hydrogen-bond donors (Lipinski definition) is 1. The molecule has 6 nitrogen and oxygen atoms in total. The number of aliphatic carboxylic acids is 1. The van der Waals surface area contributed by atoms with Crippen molar-refractivity contribution in [3.05, 3.63) is 41.7 Å². The minimum atomic E-state index is -0.794. The fourth-order valence-corrected chi connectivity index (χ4v) is 1.74.